The van der Waals surface area contributed by atoms with Crippen molar-refractivity contribution in [3.63, 3.8) is 0 Å². The molecular weight excluding hydrogens is 458 g/mol. The van der Waals surface area contributed by atoms with Crippen LogP contribution in [0.25, 0.3) is 0 Å². The summed E-state index contributed by atoms with van der Waals surface area (Å²) < 4.78 is 31.7. The molecule has 2 N–H and O–H groups in total. The Morgan fingerprint density at radius 1 is 1.19 bits per heavy atom. The van der Waals surface area contributed by atoms with Gasteiger partial charge in [0.25, 0.3) is 5.91 Å². The van der Waals surface area contributed by atoms with E-state index < -0.39 is 33.5 Å². The molecule has 9 nitrogen and oxygen atoms in total. The predicted octanol–water partition coefficient (Wildman–Crippen LogP) is 2.56. The smallest absolute Gasteiger partial charge is 0.338 e. The van der Waals surface area contributed by atoms with Crippen LogP contribution >= 0.6 is 11.6 Å². The van der Waals surface area contributed by atoms with Crippen molar-refractivity contribution < 1.29 is 27.5 Å². The molecule has 0 radical (unpaired) electrons. The molecule has 170 valence electrons. The highest BCUT2D eigenvalue weighted by Gasteiger charge is 2.45. The lowest BCUT2D eigenvalue weighted by atomic mass is 9.95. The van der Waals surface area contributed by atoms with Gasteiger partial charge in [-0.1, -0.05) is 23.7 Å². The molecule has 0 bridgehead atoms. The first-order chi connectivity index (χ1) is 14.9. The Morgan fingerprint density at radius 2 is 1.84 bits per heavy atom. The van der Waals surface area contributed by atoms with Gasteiger partial charge in [0, 0.05) is 0 Å². The highest BCUT2D eigenvalue weighted by Crippen LogP contribution is 2.37. The molecule has 1 unspecified atom stereocenters. The van der Waals surface area contributed by atoms with E-state index in [0.29, 0.717) is 11.4 Å². The van der Waals surface area contributed by atoms with Crippen molar-refractivity contribution in [3.8, 4) is 0 Å². The van der Waals surface area contributed by atoms with Gasteiger partial charge in [-0.3, -0.25) is 14.5 Å². The number of carbonyl (C=O) groups is 3. The van der Waals surface area contributed by atoms with E-state index >= 15 is 0 Å². The summed E-state index contributed by atoms with van der Waals surface area (Å²) in [6.07, 6.45) is -1.26. The first-order valence-corrected chi connectivity index (χ1v) is 11.4. The van der Waals surface area contributed by atoms with Crippen molar-refractivity contribution in [3.05, 3.63) is 53.1 Å². The van der Waals surface area contributed by atoms with Gasteiger partial charge < -0.3 is 10.1 Å². The minimum Gasteiger partial charge on any atom is -0.449 e. The second-order valence-corrected chi connectivity index (χ2v) is 9.87. The largest absolute Gasteiger partial charge is 0.449 e. The molecule has 0 saturated heterocycles. The van der Waals surface area contributed by atoms with Gasteiger partial charge in [-0.25, -0.2) is 17.9 Å². The summed E-state index contributed by atoms with van der Waals surface area (Å²) in [5.74, 6) is -1.91. The maximum Gasteiger partial charge on any atom is 0.338 e. The van der Waals surface area contributed by atoms with Crippen LogP contribution in [0.15, 0.2) is 47.4 Å². The number of benzene rings is 2. The number of esters is 1. The van der Waals surface area contributed by atoms with Gasteiger partial charge in [-0.2, -0.15) is 0 Å². The lowest BCUT2D eigenvalue weighted by Gasteiger charge is -2.42. The predicted molar refractivity (Wildman–Crippen MR) is 119 cm³/mol. The summed E-state index contributed by atoms with van der Waals surface area (Å²) in [6, 6.07) is 10.4. The number of amides is 2. The van der Waals surface area contributed by atoms with E-state index in [1.165, 1.54) is 31.0 Å². The SMILES string of the molecule is CNS(=O)(=O)c1cc(C(=O)OC(C)C(=O)N2c3ccccc3NC(=O)C2(C)C)ccc1Cl. The average molecular weight is 480 g/mol. The standard InChI is InChI=1S/C21H22ClN3O6S/c1-12(31-19(27)13-9-10-14(22)17(11-13)32(29,30)23-4)18(26)25-16-8-6-5-7-15(16)24-20(28)21(25,2)3/h5-12,23H,1-4H3,(H,24,28). The normalized spacial score (nSPS) is 16.0. The summed E-state index contributed by atoms with van der Waals surface area (Å²) in [6.45, 7) is 4.55. The van der Waals surface area contributed by atoms with Crippen LogP contribution in [0, 0.1) is 0 Å². The Kier molecular flexibility index (Phi) is 6.32. The zero-order valence-electron chi connectivity index (χ0n) is 17.8. The summed E-state index contributed by atoms with van der Waals surface area (Å²) >= 11 is 5.94. The van der Waals surface area contributed by atoms with Crippen LogP contribution in [0.2, 0.25) is 5.02 Å². The number of hydrogen-bond donors (Lipinski definition) is 2. The number of fused-ring (bicyclic) bond motifs is 1. The molecule has 11 heteroatoms. The van der Waals surface area contributed by atoms with Gasteiger partial charge in [0.05, 0.1) is 22.0 Å². The molecule has 2 aromatic rings. The number of hydrogen-bond acceptors (Lipinski definition) is 6. The topological polar surface area (TPSA) is 122 Å². The van der Waals surface area contributed by atoms with Gasteiger partial charge in [-0.05, 0) is 58.2 Å². The molecule has 2 amide bonds. The van der Waals surface area contributed by atoms with E-state index in [-0.39, 0.29) is 21.4 Å². The van der Waals surface area contributed by atoms with Crippen molar-refractivity contribution in [2.45, 2.75) is 37.3 Å². The molecule has 0 aromatic heterocycles. The van der Waals surface area contributed by atoms with Gasteiger partial charge in [-0.15, -0.1) is 0 Å². The number of carbonyl (C=O) groups excluding carboxylic acids is 3. The second-order valence-electron chi connectivity index (χ2n) is 7.60. The number of ether oxygens (including phenoxy) is 1. The minimum absolute atomic E-state index is 0.0716. The third kappa shape index (κ3) is 4.21. The Hall–Kier alpha value is -2.95. The number of rotatable bonds is 5. The molecule has 1 aliphatic heterocycles. The highest BCUT2D eigenvalue weighted by atomic mass is 35.5. The van der Waals surface area contributed by atoms with E-state index in [1.807, 2.05) is 0 Å². The molecular formula is C21H22ClN3O6S. The Bertz CT molecular complexity index is 1210. The van der Waals surface area contributed by atoms with Crippen LogP contribution in [0.3, 0.4) is 0 Å². The van der Waals surface area contributed by atoms with E-state index in [9.17, 15) is 22.8 Å². The van der Waals surface area contributed by atoms with Crippen LogP contribution in [0.5, 0.6) is 0 Å². The van der Waals surface area contributed by atoms with Crippen molar-refractivity contribution in [2.75, 3.05) is 17.3 Å². The summed E-state index contributed by atoms with van der Waals surface area (Å²) in [5.41, 5.74) is -0.401. The van der Waals surface area contributed by atoms with Crippen LogP contribution in [0.1, 0.15) is 31.1 Å². The van der Waals surface area contributed by atoms with Crippen molar-refractivity contribution in [1.29, 1.82) is 0 Å². The number of nitrogens with zero attached hydrogens (tertiary/aromatic N) is 1. The third-order valence-electron chi connectivity index (χ3n) is 5.08. The molecule has 3 rings (SSSR count). The molecule has 32 heavy (non-hydrogen) atoms. The van der Waals surface area contributed by atoms with Gasteiger partial charge >= 0.3 is 5.97 Å². The van der Waals surface area contributed by atoms with E-state index in [2.05, 4.69) is 10.0 Å². The number of halogens is 1. The number of anilines is 2. The molecule has 0 fully saturated rings. The molecule has 1 aliphatic rings. The number of sulfonamides is 1. The Balaban J connectivity index is 1.89. The molecule has 0 spiro atoms. The maximum atomic E-state index is 13.3. The lowest BCUT2D eigenvalue weighted by molar-refractivity contribution is -0.131. The second kappa shape index (κ2) is 8.53. The van der Waals surface area contributed by atoms with E-state index in [1.54, 1.807) is 38.1 Å². The quantitative estimate of drug-likeness (QED) is 0.635. The van der Waals surface area contributed by atoms with Gasteiger partial charge in [0.2, 0.25) is 15.9 Å². The Labute approximate surface area is 190 Å². The maximum absolute atomic E-state index is 13.3. The van der Waals surface area contributed by atoms with Crippen LogP contribution in [0.4, 0.5) is 11.4 Å². The molecule has 0 aliphatic carbocycles. The minimum atomic E-state index is -3.91. The van der Waals surface area contributed by atoms with Crippen molar-refractivity contribution in [1.82, 2.24) is 4.72 Å². The average Bonchev–Trinajstić information content (AvgIpc) is 2.74. The molecule has 1 heterocycles. The fourth-order valence-corrected chi connectivity index (χ4v) is 4.50. The zero-order chi connectivity index (χ0) is 23.8. The summed E-state index contributed by atoms with van der Waals surface area (Å²) in [5, 5.41) is 2.68. The van der Waals surface area contributed by atoms with Crippen LogP contribution < -0.4 is 14.9 Å². The third-order valence-corrected chi connectivity index (χ3v) is 6.98. The highest BCUT2D eigenvalue weighted by molar-refractivity contribution is 7.89. The zero-order valence-corrected chi connectivity index (χ0v) is 19.4. The van der Waals surface area contributed by atoms with E-state index in [4.69, 9.17) is 16.3 Å². The fraction of sp³-hybridized carbons (Fsp3) is 0.286. The van der Waals surface area contributed by atoms with Crippen molar-refractivity contribution in [2.24, 2.45) is 0 Å². The summed E-state index contributed by atoms with van der Waals surface area (Å²) in [4.78, 5) is 39.5. The van der Waals surface area contributed by atoms with Crippen LogP contribution in [-0.2, 0) is 24.3 Å². The van der Waals surface area contributed by atoms with Crippen LogP contribution in [-0.4, -0.2) is 44.9 Å². The first-order valence-electron chi connectivity index (χ1n) is 9.58. The number of nitrogens with one attached hydrogen (secondary N) is 2. The van der Waals surface area contributed by atoms with Gasteiger partial charge in [0.1, 0.15) is 10.4 Å². The lowest BCUT2D eigenvalue weighted by Crippen LogP contribution is -2.60. The fourth-order valence-electron chi connectivity index (χ4n) is 3.25. The van der Waals surface area contributed by atoms with Crippen molar-refractivity contribution >= 4 is 50.8 Å². The summed E-state index contributed by atoms with van der Waals surface area (Å²) in [7, 11) is -2.70. The monoisotopic (exact) mass is 479 g/mol. The van der Waals surface area contributed by atoms with E-state index in [0.717, 1.165) is 6.07 Å². The Morgan fingerprint density at radius 3 is 2.50 bits per heavy atom. The van der Waals surface area contributed by atoms with Gasteiger partial charge in [0.15, 0.2) is 6.10 Å². The molecule has 2 aromatic carbocycles. The molecule has 0 saturated carbocycles. The number of para-hydroxylation sites is 2. The first kappa shape index (κ1) is 23.7. The molecule has 1 atom stereocenters.